The fraction of sp³-hybridized carbons (Fsp3) is 0.273. The van der Waals surface area contributed by atoms with E-state index in [0.717, 1.165) is 0 Å². The lowest BCUT2D eigenvalue weighted by Gasteiger charge is -2.24. The van der Waals surface area contributed by atoms with Gasteiger partial charge in [0.25, 0.3) is 11.8 Å². The molecule has 1 aromatic carbocycles. The van der Waals surface area contributed by atoms with Crippen LogP contribution in [0.5, 0.6) is 5.75 Å². The molecule has 0 aliphatic carbocycles. The van der Waals surface area contributed by atoms with Crippen molar-refractivity contribution >= 4 is 17.6 Å². The van der Waals surface area contributed by atoms with Crippen molar-refractivity contribution in [2.75, 3.05) is 25.2 Å². The Labute approximate surface area is 182 Å². The first-order valence-electron chi connectivity index (χ1n) is 10.1. The molecule has 4 heterocycles. The molecule has 0 bridgehead atoms. The minimum absolute atomic E-state index is 0.0395. The van der Waals surface area contributed by atoms with E-state index in [-0.39, 0.29) is 18.2 Å². The molecular formula is C22H20FN5O4. The standard InChI is InChI=1S/C22H20FN5O4/c1-27-20-18(7-4-8-24-20)32-12-16(22(27)30)25-21(29)15-11-17-19(31-10-9-28(17)26-15)13-5-2-3-6-14(13)23/h2-8,11,16,19H,9-10,12H2,1H3,(H,25,29)/t16-,19?/m0/s1. The summed E-state index contributed by atoms with van der Waals surface area (Å²) in [7, 11) is 1.58. The summed E-state index contributed by atoms with van der Waals surface area (Å²) in [6, 6.07) is 10.4. The quantitative estimate of drug-likeness (QED) is 0.670. The van der Waals surface area contributed by atoms with Gasteiger partial charge in [0.1, 0.15) is 24.6 Å². The van der Waals surface area contributed by atoms with Crippen LogP contribution in [0, 0.1) is 5.82 Å². The fourth-order valence-electron chi connectivity index (χ4n) is 3.88. The van der Waals surface area contributed by atoms with Crippen molar-refractivity contribution < 1.29 is 23.5 Å². The van der Waals surface area contributed by atoms with Crippen LogP contribution in [0.1, 0.15) is 27.8 Å². The Morgan fingerprint density at radius 2 is 2.09 bits per heavy atom. The van der Waals surface area contributed by atoms with E-state index < -0.39 is 23.9 Å². The number of anilines is 1. The highest BCUT2D eigenvalue weighted by molar-refractivity contribution is 6.02. The number of hydrogen-bond acceptors (Lipinski definition) is 6. The highest BCUT2D eigenvalue weighted by atomic mass is 19.1. The number of likely N-dealkylation sites (N-methyl/N-ethyl adjacent to an activating group) is 1. The Kier molecular flexibility index (Phi) is 5.06. The first kappa shape index (κ1) is 20.1. The number of carbonyl (C=O) groups is 2. The summed E-state index contributed by atoms with van der Waals surface area (Å²) in [5.41, 5.74) is 1.06. The van der Waals surface area contributed by atoms with Crippen LogP contribution in [-0.4, -0.2) is 52.9 Å². The predicted octanol–water partition coefficient (Wildman–Crippen LogP) is 1.69. The van der Waals surface area contributed by atoms with Gasteiger partial charge in [-0.15, -0.1) is 0 Å². The van der Waals surface area contributed by atoms with Crippen molar-refractivity contribution in [1.82, 2.24) is 20.1 Å². The summed E-state index contributed by atoms with van der Waals surface area (Å²) in [6.07, 6.45) is 0.891. The Morgan fingerprint density at radius 1 is 1.25 bits per heavy atom. The van der Waals surface area contributed by atoms with Crippen molar-refractivity contribution in [3.63, 3.8) is 0 Å². The summed E-state index contributed by atoms with van der Waals surface area (Å²) in [4.78, 5) is 31.3. The second kappa shape index (κ2) is 8.04. The lowest BCUT2D eigenvalue weighted by atomic mass is 10.0. The molecule has 3 aromatic rings. The van der Waals surface area contributed by atoms with Gasteiger partial charge < -0.3 is 14.8 Å². The van der Waals surface area contributed by atoms with E-state index in [4.69, 9.17) is 9.47 Å². The third-order valence-electron chi connectivity index (χ3n) is 5.50. The molecule has 1 N–H and O–H groups in total. The van der Waals surface area contributed by atoms with Crippen LogP contribution < -0.4 is 15.0 Å². The number of benzene rings is 1. The van der Waals surface area contributed by atoms with Crippen LogP contribution in [0.2, 0.25) is 0 Å². The van der Waals surface area contributed by atoms with E-state index in [2.05, 4.69) is 15.4 Å². The normalized spacial score (nSPS) is 20.1. The molecule has 0 saturated carbocycles. The number of pyridine rings is 1. The summed E-state index contributed by atoms with van der Waals surface area (Å²) < 4.78 is 27.4. The van der Waals surface area contributed by atoms with Gasteiger partial charge in [0.15, 0.2) is 17.3 Å². The average Bonchev–Trinajstić information content (AvgIpc) is 3.22. The third-order valence-corrected chi connectivity index (χ3v) is 5.50. The van der Waals surface area contributed by atoms with E-state index in [9.17, 15) is 14.0 Å². The average molecular weight is 437 g/mol. The second-order valence-electron chi connectivity index (χ2n) is 7.51. The molecule has 9 nitrogen and oxygen atoms in total. The minimum Gasteiger partial charge on any atom is -0.487 e. The number of rotatable bonds is 3. The van der Waals surface area contributed by atoms with E-state index in [1.165, 1.54) is 11.0 Å². The summed E-state index contributed by atoms with van der Waals surface area (Å²) in [5.74, 6) is -0.435. The number of carbonyl (C=O) groups excluding carboxylic acids is 2. The molecule has 2 aliphatic heterocycles. The van der Waals surface area contributed by atoms with Gasteiger partial charge in [0, 0.05) is 18.8 Å². The topological polar surface area (TPSA) is 98.6 Å². The van der Waals surface area contributed by atoms with Gasteiger partial charge in [0.2, 0.25) is 0 Å². The van der Waals surface area contributed by atoms with E-state index in [1.807, 2.05) is 0 Å². The van der Waals surface area contributed by atoms with Gasteiger partial charge in [-0.2, -0.15) is 5.10 Å². The Bertz CT molecular complexity index is 1200. The summed E-state index contributed by atoms with van der Waals surface area (Å²) >= 11 is 0. The van der Waals surface area contributed by atoms with E-state index >= 15 is 0 Å². The van der Waals surface area contributed by atoms with Crippen molar-refractivity contribution in [3.05, 3.63) is 71.4 Å². The Balaban J connectivity index is 1.37. The Morgan fingerprint density at radius 3 is 2.94 bits per heavy atom. The molecule has 5 rings (SSSR count). The number of amides is 2. The van der Waals surface area contributed by atoms with Crippen LogP contribution in [0.4, 0.5) is 10.2 Å². The van der Waals surface area contributed by atoms with Crippen molar-refractivity contribution in [2.24, 2.45) is 0 Å². The molecule has 10 heteroatoms. The molecule has 32 heavy (non-hydrogen) atoms. The zero-order valence-electron chi connectivity index (χ0n) is 17.2. The van der Waals surface area contributed by atoms with Crippen molar-refractivity contribution in [1.29, 1.82) is 0 Å². The molecule has 0 spiro atoms. The van der Waals surface area contributed by atoms with Gasteiger partial charge >= 0.3 is 0 Å². The third kappa shape index (κ3) is 3.48. The molecule has 2 amide bonds. The molecule has 0 fully saturated rings. The molecule has 164 valence electrons. The predicted molar refractivity (Wildman–Crippen MR) is 111 cm³/mol. The molecular weight excluding hydrogens is 417 g/mol. The lowest BCUT2D eigenvalue weighted by molar-refractivity contribution is -0.120. The second-order valence-corrected chi connectivity index (χ2v) is 7.51. The number of hydrogen-bond donors (Lipinski definition) is 1. The monoisotopic (exact) mass is 437 g/mol. The van der Waals surface area contributed by atoms with Gasteiger partial charge in [0.05, 0.1) is 18.8 Å². The Hall–Kier alpha value is -3.79. The molecule has 2 aromatic heterocycles. The van der Waals surface area contributed by atoms with Crippen LogP contribution in [0.15, 0.2) is 48.7 Å². The maximum Gasteiger partial charge on any atom is 0.272 e. The van der Waals surface area contributed by atoms with Crippen LogP contribution in [0.3, 0.4) is 0 Å². The molecule has 2 atom stereocenters. The fourth-order valence-corrected chi connectivity index (χ4v) is 3.88. The largest absolute Gasteiger partial charge is 0.487 e. The van der Waals surface area contributed by atoms with E-state index in [1.54, 1.807) is 54.3 Å². The minimum atomic E-state index is -0.918. The van der Waals surface area contributed by atoms with Crippen LogP contribution >= 0.6 is 0 Å². The highest BCUT2D eigenvalue weighted by Gasteiger charge is 2.33. The number of nitrogens with one attached hydrogen (secondary N) is 1. The van der Waals surface area contributed by atoms with Gasteiger partial charge in [-0.25, -0.2) is 9.37 Å². The highest BCUT2D eigenvalue weighted by Crippen LogP contribution is 2.31. The zero-order valence-corrected chi connectivity index (χ0v) is 17.2. The molecule has 2 aliphatic rings. The van der Waals surface area contributed by atoms with Crippen LogP contribution in [0.25, 0.3) is 0 Å². The number of ether oxygens (including phenoxy) is 2. The molecule has 0 saturated heterocycles. The maximum absolute atomic E-state index is 14.3. The molecule has 0 radical (unpaired) electrons. The maximum atomic E-state index is 14.3. The SMILES string of the molecule is CN1C(=O)[C@@H](NC(=O)c2cc3n(n2)CCOC3c2ccccc2F)COc2cccnc21. The number of halogens is 1. The number of aromatic nitrogens is 3. The first-order valence-corrected chi connectivity index (χ1v) is 10.1. The molecule has 1 unspecified atom stereocenters. The van der Waals surface area contributed by atoms with E-state index in [0.29, 0.717) is 36.0 Å². The van der Waals surface area contributed by atoms with Crippen molar-refractivity contribution in [2.45, 2.75) is 18.7 Å². The summed E-state index contributed by atoms with van der Waals surface area (Å²) in [5, 5.41) is 7.04. The summed E-state index contributed by atoms with van der Waals surface area (Å²) in [6.45, 7) is 0.727. The van der Waals surface area contributed by atoms with Crippen molar-refractivity contribution in [3.8, 4) is 5.75 Å². The van der Waals surface area contributed by atoms with Crippen LogP contribution in [-0.2, 0) is 16.1 Å². The number of nitrogens with zero attached hydrogens (tertiary/aromatic N) is 4. The number of fused-ring (bicyclic) bond motifs is 2. The van der Waals surface area contributed by atoms with Gasteiger partial charge in [-0.05, 0) is 24.3 Å². The smallest absolute Gasteiger partial charge is 0.272 e. The van der Waals surface area contributed by atoms with Gasteiger partial charge in [-0.3, -0.25) is 19.2 Å². The zero-order chi connectivity index (χ0) is 22.2. The first-order chi connectivity index (χ1) is 15.5. The lowest BCUT2D eigenvalue weighted by Crippen LogP contribution is -2.49. The van der Waals surface area contributed by atoms with Gasteiger partial charge in [-0.1, -0.05) is 18.2 Å².